The molecule has 0 radical (unpaired) electrons. The van der Waals surface area contributed by atoms with Crippen molar-refractivity contribution in [2.75, 3.05) is 13.7 Å². The maximum atomic E-state index is 13.1. The number of para-hydroxylation sites is 2. The fourth-order valence-corrected chi connectivity index (χ4v) is 3.88. The molecular weight excluding hydrogens is 378 g/mol. The number of fused-ring (bicyclic) bond motifs is 1. The zero-order valence-electron chi connectivity index (χ0n) is 17.1. The molecule has 1 aliphatic rings. The van der Waals surface area contributed by atoms with Crippen molar-refractivity contribution in [2.45, 2.75) is 32.1 Å². The topological polar surface area (TPSA) is 73.2 Å². The number of aromatic nitrogens is 2. The van der Waals surface area contributed by atoms with Gasteiger partial charge in [-0.25, -0.2) is 0 Å². The number of ether oxygens (including phenoxy) is 1. The van der Waals surface area contributed by atoms with Crippen LogP contribution >= 0.6 is 0 Å². The van der Waals surface area contributed by atoms with Gasteiger partial charge in [0.2, 0.25) is 0 Å². The van der Waals surface area contributed by atoms with Crippen LogP contribution in [0.3, 0.4) is 0 Å². The third kappa shape index (κ3) is 3.99. The Bertz CT molecular complexity index is 1160. The highest BCUT2D eigenvalue weighted by Crippen LogP contribution is 2.22. The average Bonchev–Trinajstić information content (AvgIpc) is 2.80. The number of hydrogen-bond donors (Lipinski definition) is 1. The predicted molar refractivity (Wildman–Crippen MR) is 117 cm³/mol. The van der Waals surface area contributed by atoms with Crippen molar-refractivity contribution in [1.82, 2.24) is 15.1 Å². The summed E-state index contributed by atoms with van der Waals surface area (Å²) in [6, 6.07) is 14.2. The number of benzene rings is 2. The van der Waals surface area contributed by atoms with E-state index in [1.807, 2.05) is 6.07 Å². The molecule has 1 heterocycles. The van der Waals surface area contributed by atoms with Crippen LogP contribution < -0.4 is 15.6 Å². The van der Waals surface area contributed by atoms with Crippen LogP contribution in [-0.4, -0.2) is 29.3 Å². The van der Waals surface area contributed by atoms with E-state index in [9.17, 15) is 9.59 Å². The Morgan fingerprint density at radius 3 is 2.63 bits per heavy atom. The number of hydrogen-bond acceptors (Lipinski definition) is 4. The molecule has 0 saturated carbocycles. The highest BCUT2D eigenvalue weighted by atomic mass is 16.5. The molecule has 154 valence electrons. The normalized spacial score (nSPS) is 13.7. The Morgan fingerprint density at radius 2 is 1.87 bits per heavy atom. The number of nitrogens with zero attached hydrogens (tertiary/aromatic N) is 2. The molecule has 3 aromatic rings. The minimum Gasteiger partial charge on any atom is -0.494 e. The van der Waals surface area contributed by atoms with E-state index in [1.165, 1.54) is 23.1 Å². The van der Waals surface area contributed by atoms with Gasteiger partial charge in [0.15, 0.2) is 5.69 Å². The maximum absolute atomic E-state index is 13.1. The third-order valence-electron chi connectivity index (χ3n) is 5.45. The SMILES string of the molecule is COc1ccccc1-n1nc(C(=O)NCCC2=CCCCC2)c2ccccc2c1=O. The van der Waals surface area contributed by atoms with E-state index in [0.717, 1.165) is 19.3 Å². The van der Waals surface area contributed by atoms with E-state index < -0.39 is 0 Å². The number of carbonyl (C=O) groups excluding carboxylic acids is 1. The lowest BCUT2D eigenvalue weighted by Gasteiger charge is -2.15. The second-order valence-corrected chi connectivity index (χ2v) is 7.40. The molecule has 1 N–H and O–H groups in total. The predicted octanol–water partition coefficient (Wildman–Crippen LogP) is 4.01. The van der Waals surface area contributed by atoms with Gasteiger partial charge in [-0.2, -0.15) is 9.78 Å². The van der Waals surface area contributed by atoms with Gasteiger partial charge in [0.05, 0.1) is 12.5 Å². The van der Waals surface area contributed by atoms with Crippen molar-refractivity contribution in [3.05, 3.63) is 76.2 Å². The zero-order valence-corrected chi connectivity index (χ0v) is 17.1. The van der Waals surface area contributed by atoms with Gasteiger partial charge < -0.3 is 10.1 Å². The summed E-state index contributed by atoms with van der Waals surface area (Å²) in [7, 11) is 1.54. The van der Waals surface area contributed by atoms with Crippen molar-refractivity contribution in [2.24, 2.45) is 0 Å². The first-order valence-electron chi connectivity index (χ1n) is 10.3. The Labute approximate surface area is 175 Å². The van der Waals surface area contributed by atoms with Crippen molar-refractivity contribution >= 4 is 16.7 Å². The van der Waals surface area contributed by atoms with E-state index in [0.29, 0.717) is 28.8 Å². The molecule has 0 unspecified atom stereocenters. The molecule has 0 fully saturated rings. The van der Waals surface area contributed by atoms with Crippen LogP contribution in [0.2, 0.25) is 0 Å². The Hall–Kier alpha value is -3.41. The van der Waals surface area contributed by atoms with E-state index in [1.54, 1.807) is 49.6 Å². The molecule has 6 nitrogen and oxygen atoms in total. The molecule has 2 aromatic carbocycles. The molecule has 1 aromatic heterocycles. The van der Waals surface area contributed by atoms with Gasteiger partial charge in [-0.05, 0) is 50.3 Å². The van der Waals surface area contributed by atoms with Gasteiger partial charge in [-0.15, -0.1) is 0 Å². The van der Waals surface area contributed by atoms with E-state index >= 15 is 0 Å². The van der Waals surface area contributed by atoms with Crippen LogP contribution in [0.1, 0.15) is 42.6 Å². The monoisotopic (exact) mass is 403 g/mol. The molecule has 0 atom stereocenters. The molecule has 1 aliphatic carbocycles. The molecule has 0 bridgehead atoms. The van der Waals surface area contributed by atoms with Crippen molar-refractivity contribution in [1.29, 1.82) is 0 Å². The molecule has 0 spiro atoms. The zero-order chi connectivity index (χ0) is 20.9. The summed E-state index contributed by atoms with van der Waals surface area (Å²) in [6.07, 6.45) is 7.82. The van der Waals surface area contributed by atoms with Crippen LogP contribution in [0, 0.1) is 0 Å². The first-order valence-corrected chi connectivity index (χ1v) is 10.3. The average molecular weight is 403 g/mol. The molecular formula is C24H25N3O3. The second-order valence-electron chi connectivity index (χ2n) is 7.40. The van der Waals surface area contributed by atoms with Gasteiger partial charge in [0, 0.05) is 11.9 Å². The molecule has 4 rings (SSSR count). The van der Waals surface area contributed by atoms with Gasteiger partial charge in [0.25, 0.3) is 11.5 Å². The lowest BCUT2D eigenvalue weighted by Crippen LogP contribution is -2.30. The molecule has 0 aliphatic heterocycles. The highest BCUT2D eigenvalue weighted by Gasteiger charge is 2.18. The number of amides is 1. The lowest BCUT2D eigenvalue weighted by molar-refractivity contribution is 0.0949. The summed E-state index contributed by atoms with van der Waals surface area (Å²) in [5.74, 6) is 0.226. The van der Waals surface area contributed by atoms with Crippen LogP contribution in [-0.2, 0) is 0 Å². The summed E-state index contributed by atoms with van der Waals surface area (Å²) in [5.41, 5.74) is 1.84. The number of methoxy groups -OCH3 is 1. The fourth-order valence-electron chi connectivity index (χ4n) is 3.88. The van der Waals surface area contributed by atoms with Gasteiger partial charge in [-0.3, -0.25) is 9.59 Å². The van der Waals surface area contributed by atoms with Crippen molar-refractivity contribution < 1.29 is 9.53 Å². The molecule has 6 heteroatoms. The van der Waals surface area contributed by atoms with Crippen molar-refractivity contribution in [3.63, 3.8) is 0 Å². The summed E-state index contributed by atoms with van der Waals surface area (Å²) in [4.78, 5) is 26.1. The largest absolute Gasteiger partial charge is 0.494 e. The van der Waals surface area contributed by atoms with Crippen molar-refractivity contribution in [3.8, 4) is 11.4 Å². The van der Waals surface area contributed by atoms with Gasteiger partial charge >= 0.3 is 0 Å². The standard InChI is InChI=1S/C24H25N3O3/c1-30-21-14-8-7-13-20(21)27-24(29)19-12-6-5-11-18(19)22(26-27)23(28)25-16-15-17-9-3-2-4-10-17/h5-9,11-14H,2-4,10,15-16H2,1H3,(H,25,28). The minimum absolute atomic E-state index is 0.230. The van der Waals surface area contributed by atoms with E-state index in [2.05, 4.69) is 16.5 Å². The first-order chi connectivity index (χ1) is 14.7. The van der Waals surface area contributed by atoms with Crippen LogP contribution in [0.15, 0.2) is 65.0 Å². The Morgan fingerprint density at radius 1 is 1.10 bits per heavy atom. The second kappa shape index (κ2) is 8.95. The number of rotatable bonds is 6. The Kier molecular flexibility index (Phi) is 5.93. The maximum Gasteiger partial charge on any atom is 0.279 e. The van der Waals surface area contributed by atoms with Crippen LogP contribution in [0.25, 0.3) is 16.5 Å². The number of allylic oxidation sites excluding steroid dienone is 1. The van der Waals surface area contributed by atoms with Gasteiger partial charge in [0.1, 0.15) is 11.4 Å². The Balaban J connectivity index is 1.70. The highest BCUT2D eigenvalue weighted by molar-refractivity contribution is 6.04. The number of nitrogens with one attached hydrogen (secondary N) is 1. The van der Waals surface area contributed by atoms with Gasteiger partial charge in [-0.1, -0.05) is 42.0 Å². The summed E-state index contributed by atoms with van der Waals surface area (Å²) in [6.45, 7) is 0.550. The fraction of sp³-hybridized carbons (Fsp3) is 0.292. The molecule has 30 heavy (non-hydrogen) atoms. The molecule has 1 amide bonds. The quantitative estimate of drug-likeness (QED) is 0.631. The summed E-state index contributed by atoms with van der Waals surface area (Å²) in [5, 5.41) is 8.41. The lowest BCUT2D eigenvalue weighted by atomic mass is 9.97. The van der Waals surface area contributed by atoms with E-state index in [4.69, 9.17) is 4.74 Å². The third-order valence-corrected chi connectivity index (χ3v) is 5.45. The smallest absolute Gasteiger partial charge is 0.279 e. The van der Waals surface area contributed by atoms with Crippen LogP contribution in [0.5, 0.6) is 5.75 Å². The molecule has 0 saturated heterocycles. The first kappa shape index (κ1) is 19.9. The summed E-state index contributed by atoms with van der Waals surface area (Å²) >= 11 is 0. The van der Waals surface area contributed by atoms with Crippen LogP contribution in [0.4, 0.5) is 0 Å². The summed E-state index contributed by atoms with van der Waals surface area (Å²) < 4.78 is 6.64. The van der Waals surface area contributed by atoms with E-state index in [-0.39, 0.29) is 17.2 Å². The minimum atomic E-state index is -0.293. The number of carbonyl (C=O) groups is 1.